The summed E-state index contributed by atoms with van der Waals surface area (Å²) in [5, 5.41) is 3.50. The molecular formula is C21H32IN5O. The fourth-order valence-corrected chi connectivity index (χ4v) is 3.72. The Morgan fingerprint density at radius 3 is 2.36 bits per heavy atom. The molecule has 1 fully saturated rings. The van der Waals surface area contributed by atoms with E-state index in [0.717, 1.165) is 64.7 Å². The molecule has 0 atom stereocenters. The van der Waals surface area contributed by atoms with Crippen molar-refractivity contribution >= 4 is 41.4 Å². The Morgan fingerprint density at radius 1 is 1.07 bits per heavy atom. The van der Waals surface area contributed by atoms with Gasteiger partial charge in [-0.25, -0.2) is 0 Å². The first-order chi connectivity index (χ1) is 13.2. The topological polar surface area (TPSA) is 51.2 Å². The summed E-state index contributed by atoms with van der Waals surface area (Å²) in [5.74, 6) is 1.15. The molecule has 154 valence electrons. The summed E-state index contributed by atoms with van der Waals surface area (Å²) in [5.41, 5.74) is 2.75. The summed E-state index contributed by atoms with van der Waals surface area (Å²) in [6.45, 7) is 8.95. The minimum atomic E-state index is 0. The number of carbonyl (C=O) groups excluding carboxylic acids is 1. The lowest BCUT2D eigenvalue weighted by Gasteiger charge is -2.35. The van der Waals surface area contributed by atoms with E-state index in [2.05, 4.69) is 56.5 Å². The second-order valence-corrected chi connectivity index (χ2v) is 7.11. The van der Waals surface area contributed by atoms with Gasteiger partial charge >= 0.3 is 0 Å². The van der Waals surface area contributed by atoms with Crippen molar-refractivity contribution in [3.05, 3.63) is 42.0 Å². The average Bonchev–Trinajstić information content (AvgIpc) is 2.72. The summed E-state index contributed by atoms with van der Waals surface area (Å²) < 4.78 is 0. The highest BCUT2D eigenvalue weighted by molar-refractivity contribution is 14.0. The van der Waals surface area contributed by atoms with Crippen molar-refractivity contribution in [2.45, 2.75) is 13.3 Å². The monoisotopic (exact) mass is 497 g/mol. The number of piperazine rings is 1. The van der Waals surface area contributed by atoms with E-state index in [9.17, 15) is 4.79 Å². The van der Waals surface area contributed by atoms with Gasteiger partial charge in [0.25, 0.3) is 0 Å². The summed E-state index contributed by atoms with van der Waals surface area (Å²) in [4.78, 5) is 22.5. The molecule has 1 saturated heterocycles. The largest absolute Gasteiger partial charge is 0.355 e. The molecule has 1 amide bonds. The predicted octanol–water partition coefficient (Wildman–Crippen LogP) is 2.13. The van der Waals surface area contributed by atoms with Gasteiger partial charge < -0.3 is 15.1 Å². The van der Waals surface area contributed by atoms with Crippen molar-refractivity contribution in [2.75, 3.05) is 59.4 Å². The molecule has 6 nitrogen and oxygen atoms in total. The molecule has 0 bridgehead atoms. The van der Waals surface area contributed by atoms with Crippen molar-refractivity contribution in [2.24, 2.45) is 4.99 Å². The van der Waals surface area contributed by atoms with Crippen LogP contribution in [0.15, 0.2) is 41.4 Å². The number of nitrogens with one attached hydrogen (secondary N) is 1. The van der Waals surface area contributed by atoms with E-state index < -0.39 is 0 Å². The molecule has 0 saturated carbocycles. The van der Waals surface area contributed by atoms with Crippen LogP contribution in [0.3, 0.4) is 0 Å². The van der Waals surface area contributed by atoms with Crippen LogP contribution < -0.4 is 5.32 Å². The molecule has 0 spiro atoms. The molecule has 2 aliphatic heterocycles. The summed E-state index contributed by atoms with van der Waals surface area (Å²) >= 11 is 0. The van der Waals surface area contributed by atoms with Gasteiger partial charge in [-0.2, -0.15) is 0 Å². The fraction of sp³-hybridized carbons (Fsp3) is 0.524. The van der Waals surface area contributed by atoms with Crippen molar-refractivity contribution in [1.29, 1.82) is 0 Å². The first kappa shape index (κ1) is 22.7. The number of rotatable bonds is 4. The maximum absolute atomic E-state index is 11.4. The van der Waals surface area contributed by atoms with Gasteiger partial charge in [-0.05, 0) is 17.6 Å². The Bertz CT molecular complexity index is 683. The van der Waals surface area contributed by atoms with Gasteiger partial charge in [0.1, 0.15) is 0 Å². The Labute approximate surface area is 185 Å². The van der Waals surface area contributed by atoms with Gasteiger partial charge in [0.05, 0.1) is 0 Å². The van der Waals surface area contributed by atoms with Crippen molar-refractivity contribution in [3.63, 3.8) is 0 Å². The zero-order valence-electron chi connectivity index (χ0n) is 16.9. The van der Waals surface area contributed by atoms with Crippen LogP contribution in [-0.4, -0.2) is 86.0 Å². The van der Waals surface area contributed by atoms with Crippen LogP contribution >= 0.6 is 24.0 Å². The number of amides is 1. The summed E-state index contributed by atoms with van der Waals surface area (Å²) in [6, 6.07) is 10.6. The quantitative estimate of drug-likeness (QED) is 0.394. The standard InChI is InChI=1S/C21H31N5O.HI/c1-18(27)25-16-14-24(15-17-25)13-10-23-21(22-2)26-11-8-20(9-12-26)19-6-4-3-5-7-19;/h3-8H,9-17H2,1-2H3,(H,22,23);1H. The average molecular weight is 497 g/mol. The van der Waals surface area contributed by atoms with Gasteiger partial charge in [0.15, 0.2) is 5.96 Å². The zero-order chi connectivity index (χ0) is 19.1. The second-order valence-electron chi connectivity index (χ2n) is 7.11. The van der Waals surface area contributed by atoms with Crippen LogP contribution in [-0.2, 0) is 4.79 Å². The minimum Gasteiger partial charge on any atom is -0.355 e. The van der Waals surface area contributed by atoms with E-state index >= 15 is 0 Å². The Hall–Kier alpha value is -1.61. The molecule has 0 aromatic heterocycles. The molecule has 0 radical (unpaired) electrons. The molecule has 1 aromatic rings. The van der Waals surface area contributed by atoms with Crippen LogP contribution in [0.1, 0.15) is 18.9 Å². The van der Waals surface area contributed by atoms with E-state index in [0.29, 0.717) is 0 Å². The van der Waals surface area contributed by atoms with Gasteiger partial charge in [0, 0.05) is 66.3 Å². The van der Waals surface area contributed by atoms with Crippen LogP contribution in [0.2, 0.25) is 0 Å². The summed E-state index contributed by atoms with van der Waals surface area (Å²) in [6.07, 6.45) is 3.35. The SMILES string of the molecule is CN=C(NCCN1CCN(C(C)=O)CC1)N1CC=C(c2ccccc2)CC1.I. The molecule has 1 aromatic carbocycles. The molecule has 0 aliphatic carbocycles. The van der Waals surface area contributed by atoms with E-state index in [4.69, 9.17) is 0 Å². The van der Waals surface area contributed by atoms with Gasteiger partial charge in [-0.1, -0.05) is 36.4 Å². The molecule has 1 N–H and O–H groups in total. The number of halogens is 1. The summed E-state index contributed by atoms with van der Waals surface area (Å²) in [7, 11) is 1.85. The number of carbonyl (C=O) groups is 1. The molecule has 3 rings (SSSR count). The maximum atomic E-state index is 11.4. The van der Waals surface area contributed by atoms with E-state index in [1.165, 1.54) is 11.1 Å². The van der Waals surface area contributed by atoms with Crippen LogP contribution in [0.4, 0.5) is 0 Å². The van der Waals surface area contributed by atoms with E-state index in [-0.39, 0.29) is 29.9 Å². The van der Waals surface area contributed by atoms with Crippen molar-refractivity contribution in [1.82, 2.24) is 20.0 Å². The third kappa shape index (κ3) is 6.20. The highest BCUT2D eigenvalue weighted by Crippen LogP contribution is 2.21. The van der Waals surface area contributed by atoms with Crippen molar-refractivity contribution < 1.29 is 4.79 Å². The van der Waals surface area contributed by atoms with Gasteiger partial charge in [0.2, 0.25) is 5.91 Å². The molecular weight excluding hydrogens is 465 g/mol. The number of guanidine groups is 1. The Balaban J connectivity index is 0.00000280. The zero-order valence-corrected chi connectivity index (χ0v) is 19.3. The number of hydrogen-bond acceptors (Lipinski definition) is 3. The van der Waals surface area contributed by atoms with E-state index in [1.54, 1.807) is 6.92 Å². The Kier molecular flexibility index (Phi) is 9.24. The molecule has 28 heavy (non-hydrogen) atoms. The molecule has 7 heteroatoms. The van der Waals surface area contributed by atoms with E-state index in [1.807, 2.05) is 11.9 Å². The smallest absolute Gasteiger partial charge is 0.219 e. The number of benzene rings is 1. The number of nitrogens with zero attached hydrogens (tertiary/aromatic N) is 4. The highest BCUT2D eigenvalue weighted by atomic mass is 127. The molecule has 2 heterocycles. The lowest BCUT2D eigenvalue weighted by Crippen LogP contribution is -2.51. The Morgan fingerprint density at radius 2 is 1.79 bits per heavy atom. The predicted molar refractivity (Wildman–Crippen MR) is 126 cm³/mol. The minimum absolute atomic E-state index is 0. The lowest BCUT2D eigenvalue weighted by atomic mass is 10.00. The van der Waals surface area contributed by atoms with Crippen molar-refractivity contribution in [3.8, 4) is 0 Å². The highest BCUT2D eigenvalue weighted by Gasteiger charge is 2.19. The second kappa shape index (κ2) is 11.4. The number of hydrogen-bond donors (Lipinski definition) is 1. The van der Waals surface area contributed by atoms with Crippen LogP contribution in [0, 0.1) is 0 Å². The first-order valence-corrected chi connectivity index (χ1v) is 9.85. The van der Waals surface area contributed by atoms with Gasteiger partial charge in [-0.3, -0.25) is 14.7 Å². The van der Waals surface area contributed by atoms with Crippen LogP contribution in [0.25, 0.3) is 5.57 Å². The first-order valence-electron chi connectivity index (χ1n) is 9.85. The molecule has 2 aliphatic rings. The normalized spacial score (nSPS) is 18.4. The fourth-order valence-electron chi connectivity index (χ4n) is 3.72. The lowest BCUT2D eigenvalue weighted by molar-refractivity contribution is -0.130. The maximum Gasteiger partial charge on any atom is 0.219 e. The number of aliphatic imine (C=N–C) groups is 1. The molecule has 0 unspecified atom stereocenters. The third-order valence-corrected chi connectivity index (χ3v) is 5.39. The van der Waals surface area contributed by atoms with Gasteiger partial charge in [-0.15, -0.1) is 24.0 Å². The van der Waals surface area contributed by atoms with Crippen LogP contribution in [0.5, 0.6) is 0 Å². The third-order valence-electron chi connectivity index (χ3n) is 5.39.